The second-order valence-corrected chi connectivity index (χ2v) is 3.22. The van der Waals surface area contributed by atoms with Crippen LogP contribution < -0.4 is 11.5 Å². The maximum atomic E-state index is 5.74. The van der Waals surface area contributed by atoms with E-state index < -0.39 is 0 Å². The van der Waals surface area contributed by atoms with Crippen molar-refractivity contribution in [2.24, 2.45) is 16.5 Å². The Bertz CT molecular complexity index is 301. The molecule has 0 saturated carbocycles. The van der Waals surface area contributed by atoms with Crippen LogP contribution >= 0.6 is 11.6 Å². The summed E-state index contributed by atoms with van der Waals surface area (Å²) in [5.74, 6) is 0.0995. The van der Waals surface area contributed by atoms with Crippen LogP contribution in [0.4, 0.5) is 0 Å². The summed E-state index contributed by atoms with van der Waals surface area (Å²) in [6, 6.07) is 7.41. The molecule has 0 radical (unpaired) electrons. The lowest BCUT2D eigenvalue weighted by molar-refractivity contribution is 0.816. The topological polar surface area (TPSA) is 64.4 Å². The summed E-state index contributed by atoms with van der Waals surface area (Å²) in [4.78, 5) is 4.01. The Balaban J connectivity index is 2.83. The number of benzene rings is 1. The number of aliphatic imine (C=N–C) groups is 1. The largest absolute Gasteiger partial charge is 0.370 e. The highest BCUT2D eigenvalue weighted by Gasteiger charge is 2.02. The van der Waals surface area contributed by atoms with Crippen molar-refractivity contribution in [1.29, 1.82) is 0 Å². The Morgan fingerprint density at radius 1 is 1.31 bits per heavy atom. The maximum absolute atomic E-state index is 5.74. The molecule has 4 N–H and O–H groups in total. The van der Waals surface area contributed by atoms with E-state index in [-0.39, 0.29) is 12.0 Å². The average Bonchev–Trinajstić information content (AvgIpc) is 2.04. The predicted molar refractivity (Wildman–Crippen MR) is 55.7 cm³/mol. The molecule has 1 aromatic rings. The summed E-state index contributed by atoms with van der Waals surface area (Å²) in [7, 11) is 0. The minimum Gasteiger partial charge on any atom is -0.370 e. The first-order valence-corrected chi connectivity index (χ1v) is 4.31. The quantitative estimate of drug-likeness (QED) is 0.560. The Labute approximate surface area is 82.4 Å². The van der Waals surface area contributed by atoms with Gasteiger partial charge in [-0.15, -0.1) is 0 Å². The molecule has 4 heteroatoms. The van der Waals surface area contributed by atoms with E-state index in [1.165, 1.54) is 0 Å². The van der Waals surface area contributed by atoms with Crippen LogP contribution in [0.25, 0.3) is 0 Å². The van der Waals surface area contributed by atoms with Gasteiger partial charge in [-0.25, -0.2) is 4.99 Å². The third kappa shape index (κ3) is 2.95. The van der Waals surface area contributed by atoms with Crippen LogP contribution in [0.15, 0.2) is 29.3 Å². The van der Waals surface area contributed by atoms with Gasteiger partial charge >= 0.3 is 0 Å². The third-order valence-electron chi connectivity index (χ3n) is 1.70. The van der Waals surface area contributed by atoms with Crippen molar-refractivity contribution < 1.29 is 0 Å². The molecule has 0 fully saturated rings. The molecule has 0 aromatic heterocycles. The van der Waals surface area contributed by atoms with Gasteiger partial charge in [0.1, 0.15) is 0 Å². The second-order valence-electron chi connectivity index (χ2n) is 2.78. The van der Waals surface area contributed by atoms with E-state index >= 15 is 0 Å². The standard InChI is InChI=1S/C9H12ClN3/c1-6(13-9(11)12)7-2-4-8(10)5-3-7/h2-6H,1H3,(H4,11,12,13)/t6-/m1/s1. The Kier molecular flexibility index (Phi) is 3.14. The number of nitrogens with zero attached hydrogens (tertiary/aromatic N) is 1. The fraction of sp³-hybridized carbons (Fsp3) is 0.222. The number of hydrogen-bond acceptors (Lipinski definition) is 1. The van der Waals surface area contributed by atoms with E-state index in [2.05, 4.69) is 4.99 Å². The molecule has 0 aliphatic carbocycles. The molecule has 0 heterocycles. The number of nitrogens with two attached hydrogens (primary N) is 2. The van der Waals surface area contributed by atoms with Crippen LogP contribution in [-0.2, 0) is 0 Å². The summed E-state index contributed by atoms with van der Waals surface area (Å²) < 4.78 is 0. The first-order valence-electron chi connectivity index (χ1n) is 3.94. The molecule has 3 nitrogen and oxygen atoms in total. The molecule has 0 spiro atoms. The Morgan fingerprint density at radius 2 is 1.85 bits per heavy atom. The van der Waals surface area contributed by atoms with Crippen LogP contribution in [-0.4, -0.2) is 5.96 Å². The van der Waals surface area contributed by atoms with Crippen molar-refractivity contribution in [2.75, 3.05) is 0 Å². The van der Waals surface area contributed by atoms with Crippen molar-refractivity contribution in [3.8, 4) is 0 Å². The minimum absolute atomic E-state index is 0.0257. The molecule has 1 aromatic carbocycles. The van der Waals surface area contributed by atoms with Gasteiger partial charge in [-0.1, -0.05) is 23.7 Å². The van der Waals surface area contributed by atoms with Gasteiger partial charge in [0.25, 0.3) is 0 Å². The molecule has 1 atom stereocenters. The molecule has 13 heavy (non-hydrogen) atoms. The average molecular weight is 198 g/mol. The smallest absolute Gasteiger partial charge is 0.186 e. The zero-order valence-electron chi connectivity index (χ0n) is 7.37. The molecular weight excluding hydrogens is 186 g/mol. The molecule has 0 aliphatic rings. The minimum atomic E-state index is -0.0257. The van der Waals surface area contributed by atoms with Crippen LogP contribution in [0.5, 0.6) is 0 Å². The van der Waals surface area contributed by atoms with Gasteiger partial charge in [0, 0.05) is 5.02 Å². The SMILES string of the molecule is C[C@@H](N=C(N)N)c1ccc(Cl)cc1. The van der Waals surface area contributed by atoms with E-state index in [0.717, 1.165) is 5.56 Å². The van der Waals surface area contributed by atoms with E-state index in [1.807, 2.05) is 31.2 Å². The lowest BCUT2D eigenvalue weighted by Crippen LogP contribution is -2.23. The van der Waals surface area contributed by atoms with Gasteiger partial charge in [0.2, 0.25) is 0 Å². The van der Waals surface area contributed by atoms with Crippen molar-refractivity contribution in [3.63, 3.8) is 0 Å². The molecular formula is C9H12ClN3. The second kappa shape index (κ2) is 4.14. The highest BCUT2D eigenvalue weighted by Crippen LogP contribution is 2.18. The Morgan fingerprint density at radius 3 is 2.31 bits per heavy atom. The van der Waals surface area contributed by atoms with E-state index in [0.29, 0.717) is 5.02 Å². The van der Waals surface area contributed by atoms with E-state index in [4.69, 9.17) is 23.1 Å². The van der Waals surface area contributed by atoms with Gasteiger partial charge in [0.05, 0.1) is 6.04 Å². The number of guanidine groups is 1. The lowest BCUT2D eigenvalue weighted by atomic mass is 10.1. The highest BCUT2D eigenvalue weighted by molar-refractivity contribution is 6.30. The zero-order chi connectivity index (χ0) is 9.84. The van der Waals surface area contributed by atoms with Crippen LogP contribution in [0.3, 0.4) is 0 Å². The normalized spacial score (nSPS) is 12.2. The van der Waals surface area contributed by atoms with Gasteiger partial charge in [-0.2, -0.15) is 0 Å². The summed E-state index contributed by atoms with van der Waals surface area (Å²) >= 11 is 5.74. The van der Waals surface area contributed by atoms with Crippen LogP contribution in [0.1, 0.15) is 18.5 Å². The van der Waals surface area contributed by atoms with Crippen molar-refractivity contribution in [2.45, 2.75) is 13.0 Å². The fourth-order valence-corrected chi connectivity index (χ4v) is 1.17. The lowest BCUT2D eigenvalue weighted by Gasteiger charge is -2.06. The van der Waals surface area contributed by atoms with Crippen LogP contribution in [0, 0.1) is 0 Å². The predicted octanol–water partition coefficient (Wildman–Crippen LogP) is 1.67. The molecule has 0 saturated heterocycles. The van der Waals surface area contributed by atoms with E-state index in [9.17, 15) is 0 Å². The summed E-state index contributed by atoms with van der Waals surface area (Å²) in [5, 5.41) is 0.709. The Hall–Kier alpha value is -1.22. The van der Waals surface area contributed by atoms with Gasteiger partial charge in [-0.3, -0.25) is 0 Å². The maximum Gasteiger partial charge on any atom is 0.186 e. The van der Waals surface area contributed by atoms with Crippen molar-refractivity contribution >= 4 is 17.6 Å². The highest BCUT2D eigenvalue weighted by atomic mass is 35.5. The molecule has 0 amide bonds. The van der Waals surface area contributed by atoms with E-state index in [1.54, 1.807) is 0 Å². The van der Waals surface area contributed by atoms with Crippen LogP contribution in [0.2, 0.25) is 5.02 Å². The molecule has 0 unspecified atom stereocenters. The number of halogens is 1. The number of hydrogen-bond donors (Lipinski definition) is 2. The molecule has 70 valence electrons. The van der Waals surface area contributed by atoms with Gasteiger partial charge < -0.3 is 11.5 Å². The monoisotopic (exact) mass is 197 g/mol. The molecule has 0 aliphatic heterocycles. The van der Waals surface area contributed by atoms with Crippen molar-refractivity contribution in [1.82, 2.24) is 0 Å². The summed E-state index contributed by atoms with van der Waals surface area (Å²) in [6.45, 7) is 1.92. The third-order valence-corrected chi connectivity index (χ3v) is 1.95. The van der Waals surface area contributed by atoms with Gasteiger partial charge in [-0.05, 0) is 24.6 Å². The molecule has 1 rings (SSSR count). The molecule has 0 bridgehead atoms. The van der Waals surface area contributed by atoms with Crippen molar-refractivity contribution in [3.05, 3.63) is 34.9 Å². The first kappa shape index (κ1) is 9.86. The van der Waals surface area contributed by atoms with Gasteiger partial charge in [0.15, 0.2) is 5.96 Å². The fourth-order valence-electron chi connectivity index (χ4n) is 1.04. The number of rotatable bonds is 2. The first-order chi connectivity index (χ1) is 6.09. The zero-order valence-corrected chi connectivity index (χ0v) is 8.12. The summed E-state index contributed by atoms with van der Waals surface area (Å²) in [6.07, 6.45) is 0. The summed E-state index contributed by atoms with van der Waals surface area (Å²) in [5.41, 5.74) is 11.6.